The Morgan fingerprint density at radius 1 is 1.08 bits per heavy atom. The second kappa shape index (κ2) is 6.56. The molecule has 7 heteroatoms. The van der Waals surface area contributed by atoms with Crippen molar-refractivity contribution in [3.05, 3.63) is 77.9 Å². The quantitative estimate of drug-likeness (QED) is 0.586. The van der Waals surface area contributed by atoms with Crippen LogP contribution in [0, 0.1) is 0 Å². The van der Waals surface area contributed by atoms with E-state index in [9.17, 15) is 4.79 Å². The fourth-order valence-electron chi connectivity index (χ4n) is 2.72. The first kappa shape index (κ1) is 15.1. The maximum Gasteiger partial charge on any atom is 0.251 e. The Labute approximate surface area is 143 Å². The molecule has 0 spiro atoms. The number of nitrogens with one attached hydrogen (secondary N) is 2. The highest BCUT2D eigenvalue weighted by atomic mass is 16.1. The molecule has 25 heavy (non-hydrogen) atoms. The number of hydrogen-bond donors (Lipinski definition) is 2. The molecule has 2 heterocycles. The van der Waals surface area contributed by atoms with Crippen molar-refractivity contribution in [3.8, 4) is 0 Å². The number of aromatic nitrogens is 5. The Morgan fingerprint density at radius 3 is 2.76 bits per heavy atom. The van der Waals surface area contributed by atoms with E-state index in [0.717, 1.165) is 23.2 Å². The highest BCUT2D eigenvalue weighted by Gasteiger charge is 2.09. The lowest BCUT2D eigenvalue weighted by molar-refractivity contribution is 0.0951. The summed E-state index contributed by atoms with van der Waals surface area (Å²) in [6.07, 6.45) is 5.45. The molecule has 4 aromatic rings. The predicted molar refractivity (Wildman–Crippen MR) is 92.8 cm³/mol. The number of benzene rings is 2. The van der Waals surface area contributed by atoms with E-state index in [0.29, 0.717) is 17.6 Å². The summed E-state index contributed by atoms with van der Waals surface area (Å²) < 4.78 is 2.00. The molecule has 0 bridgehead atoms. The summed E-state index contributed by atoms with van der Waals surface area (Å²) in [4.78, 5) is 16.5. The standard InChI is InChI=1S/C18H16N6O/c25-18(13-5-6-16-17(9-13)22-23-21-16)20-10-14-3-1-2-4-15(14)11-24-8-7-19-12-24/h1-9,12H,10-11H2,(H,20,25)(H,21,22,23). The van der Waals surface area contributed by atoms with Gasteiger partial charge in [0.25, 0.3) is 5.91 Å². The van der Waals surface area contributed by atoms with Gasteiger partial charge in [0.2, 0.25) is 0 Å². The molecule has 124 valence electrons. The van der Waals surface area contributed by atoms with Crippen LogP contribution in [0.25, 0.3) is 11.0 Å². The number of rotatable bonds is 5. The smallest absolute Gasteiger partial charge is 0.251 e. The van der Waals surface area contributed by atoms with Gasteiger partial charge in [-0.3, -0.25) is 4.79 Å². The van der Waals surface area contributed by atoms with Crippen LogP contribution in [0.5, 0.6) is 0 Å². The van der Waals surface area contributed by atoms with E-state index in [1.54, 1.807) is 30.7 Å². The zero-order valence-corrected chi connectivity index (χ0v) is 13.4. The Balaban J connectivity index is 1.48. The molecular weight excluding hydrogens is 316 g/mol. The van der Waals surface area contributed by atoms with Crippen LogP contribution < -0.4 is 5.32 Å². The molecule has 0 atom stereocenters. The van der Waals surface area contributed by atoms with E-state index in [-0.39, 0.29) is 5.91 Å². The third-order valence-electron chi connectivity index (χ3n) is 4.05. The monoisotopic (exact) mass is 332 g/mol. The molecular formula is C18H16N6O. The summed E-state index contributed by atoms with van der Waals surface area (Å²) in [5.41, 5.74) is 4.20. The fraction of sp³-hybridized carbons (Fsp3) is 0.111. The first-order chi connectivity index (χ1) is 12.3. The molecule has 0 saturated heterocycles. The Bertz CT molecular complexity index is 1010. The summed E-state index contributed by atoms with van der Waals surface area (Å²) in [6.45, 7) is 1.18. The Morgan fingerprint density at radius 2 is 1.92 bits per heavy atom. The summed E-state index contributed by atoms with van der Waals surface area (Å²) in [6, 6.07) is 13.3. The highest BCUT2D eigenvalue weighted by molar-refractivity contribution is 5.97. The van der Waals surface area contributed by atoms with Crippen LogP contribution in [-0.4, -0.2) is 30.9 Å². The molecule has 2 N–H and O–H groups in total. The number of nitrogens with zero attached hydrogens (tertiary/aromatic N) is 4. The first-order valence-corrected chi connectivity index (χ1v) is 7.91. The number of fused-ring (bicyclic) bond motifs is 1. The van der Waals surface area contributed by atoms with Gasteiger partial charge in [0, 0.05) is 31.0 Å². The number of carbonyl (C=O) groups excluding carboxylic acids is 1. The highest BCUT2D eigenvalue weighted by Crippen LogP contribution is 2.13. The number of aromatic amines is 1. The maximum atomic E-state index is 12.4. The molecule has 2 aromatic carbocycles. The number of H-pyrrole nitrogens is 1. The van der Waals surface area contributed by atoms with Gasteiger partial charge in [0.1, 0.15) is 11.0 Å². The van der Waals surface area contributed by atoms with Crippen LogP contribution in [-0.2, 0) is 13.1 Å². The minimum atomic E-state index is -0.137. The minimum absolute atomic E-state index is 0.137. The normalized spacial score (nSPS) is 10.9. The van der Waals surface area contributed by atoms with Crippen molar-refractivity contribution in [1.82, 2.24) is 30.3 Å². The van der Waals surface area contributed by atoms with Gasteiger partial charge in [-0.2, -0.15) is 15.4 Å². The predicted octanol–water partition coefficient (Wildman–Crippen LogP) is 2.13. The third-order valence-corrected chi connectivity index (χ3v) is 4.05. The summed E-state index contributed by atoms with van der Waals surface area (Å²) >= 11 is 0. The second-order valence-corrected chi connectivity index (χ2v) is 5.71. The van der Waals surface area contributed by atoms with Crippen molar-refractivity contribution < 1.29 is 4.79 Å². The van der Waals surface area contributed by atoms with Crippen molar-refractivity contribution in [2.45, 2.75) is 13.1 Å². The molecule has 0 radical (unpaired) electrons. The van der Waals surface area contributed by atoms with E-state index < -0.39 is 0 Å². The van der Waals surface area contributed by atoms with Gasteiger partial charge in [-0.05, 0) is 29.3 Å². The van der Waals surface area contributed by atoms with E-state index in [1.807, 2.05) is 29.0 Å². The van der Waals surface area contributed by atoms with Crippen LogP contribution in [0.1, 0.15) is 21.5 Å². The lowest BCUT2D eigenvalue weighted by Gasteiger charge is -2.11. The second-order valence-electron chi connectivity index (χ2n) is 5.71. The van der Waals surface area contributed by atoms with Crippen molar-refractivity contribution >= 4 is 16.9 Å². The largest absolute Gasteiger partial charge is 0.348 e. The van der Waals surface area contributed by atoms with Crippen LogP contribution in [0.3, 0.4) is 0 Å². The lowest BCUT2D eigenvalue weighted by atomic mass is 10.1. The molecule has 0 aliphatic carbocycles. The van der Waals surface area contributed by atoms with Crippen molar-refractivity contribution in [2.75, 3.05) is 0 Å². The SMILES string of the molecule is O=C(NCc1ccccc1Cn1ccnc1)c1ccc2n[nH]nc2c1. The molecule has 0 aliphatic rings. The lowest BCUT2D eigenvalue weighted by Crippen LogP contribution is -2.23. The summed E-state index contributed by atoms with van der Waals surface area (Å²) in [7, 11) is 0. The number of imidazole rings is 1. The van der Waals surface area contributed by atoms with Gasteiger partial charge in [-0.15, -0.1) is 0 Å². The van der Waals surface area contributed by atoms with Gasteiger partial charge in [0.05, 0.1) is 6.33 Å². The third kappa shape index (κ3) is 3.25. The Kier molecular flexibility index (Phi) is 3.96. The molecule has 0 fully saturated rings. The van der Waals surface area contributed by atoms with Gasteiger partial charge >= 0.3 is 0 Å². The fourth-order valence-corrected chi connectivity index (χ4v) is 2.72. The summed E-state index contributed by atoms with van der Waals surface area (Å²) in [5.74, 6) is -0.137. The first-order valence-electron chi connectivity index (χ1n) is 7.91. The van der Waals surface area contributed by atoms with E-state index in [1.165, 1.54) is 0 Å². The molecule has 0 aliphatic heterocycles. The zero-order valence-electron chi connectivity index (χ0n) is 13.4. The zero-order chi connectivity index (χ0) is 17.1. The van der Waals surface area contributed by atoms with Crippen molar-refractivity contribution in [1.29, 1.82) is 0 Å². The molecule has 2 aromatic heterocycles. The van der Waals surface area contributed by atoms with Gasteiger partial charge < -0.3 is 9.88 Å². The van der Waals surface area contributed by atoms with Crippen LogP contribution >= 0.6 is 0 Å². The van der Waals surface area contributed by atoms with Crippen LogP contribution in [0.4, 0.5) is 0 Å². The van der Waals surface area contributed by atoms with Crippen LogP contribution in [0.15, 0.2) is 61.2 Å². The van der Waals surface area contributed by atoms with Crippen LogP contribution in [0.2, 0.25) is 0 Å². The van der Waals surface area contributed by atoms with Gasteiger partial charge in [-0.25, -0.2) is 4.98 Å². The van der Waals surface area contributed by atoms with Crippen molar-refractivity contribution in [3.63, 3.8) is 0 Å². The number of carbonyl (C=O) groups is 1. The molecule has 1 amide bonds. The maximum absolute atomic E-state index is 12.4. The average Bonchev–Trinajstić information content (AvgIpc) is 3.31. The van der Waals surface area contributed by atoms with Gasteiger partial charge in [-0.1, -0.05) is 24.3 Å². The van der Waals surface area contributed by atoms with E-state index in [4.69, 9.17) is 0 Å². The van der Waals surface area contributed by atoms with E-state index in [2.05, 4.69) is 31.8 Å². The summed E-state index contributed by atoms with van der Waals surface area (Å²) in [5, 5.41) is 13.5. The molecule has 7 nitrogen and oxygen atoms in total. The molecule has 0 unspecified atom stereocenters. The number of amides is 1. The minimum Gasteiger partial charge on any atom is -0.348 e. The molecule has 4 rings (SSSR count). The topological polar surface area (TPSA) is 88.5 Å². The van der Waals surface area contributed by atoms with E-state index >= 15 is 0 Å². The van der Waals surface area contributed by atoms with Gasteiger partial charge in [0.15, 0.2) is 0 Å². The average molecular weight is 332 g/mol. The Hall–Kier alpha value is -3.48. The molecule has 0 saturated carbocycles. The van der Waals surface area contributed by atoms with Crippen molar-refractivity contribution in [2.24, 2.45) is 0 Å². The number of hydrogen-bond acceptors (Lipinski definition) is 4.